The van der Waals surface area contributed by atoms with Crippen LogP contribution in [-0.4, -0.2) is 36.3 Å². The lowest BCUT2D eigenvalue weighted by Crippen LogP contribution is -2.66. The number of fused-ring (bicyclic) bond motifs is 1. The van der Waals surface area contributed by atoms with Crippen molar-refractivity contribution in [1.82, 2.24) is 0 Å². The Balaban J connectivity index is 1.92. The zero-order valence-corrected chi connectivity index (χ0v) is 12.7. The maximum Gasteiger partial charge on any atom is 0.115 e. The summed E-state index contributed by atoms with van der Waals surface area (Å²) in [5.74, 6) is 1.29. The Labute approximate surface area is 122 Å². The molecule has 1 N–H and O–H groups in total. The molecule has 3 aliphatic rings. The van der Waals surface area contributed by atoms with Crippen LogP contribution in [0.2, 0.25) is 0 Å². The third-order valence-electron chi connectivity index (χ3n) is 6.65. The molecule has 2 fully saturated rings. The molecular formula is C18H26NO+. The third-order valence-corrected chi connectivity index (χ3v) is 6.65. The second-order valence-corrected chi connectivity index (χ2v) is 7.87. The molecule has 0 amide bonds. The minimum Gasteiger partial charge on any atom is -0.508 e. The lowest BCUT2D eigenvalue weighted by Gasteiger charge is -2.60. The Morgan fingerprint density at radius 1 is 1.20 bits per heavy atom. The molecule has 20 heavy (non-hydrogen) atoms. The van der Waals surface area contributed by atoms with E-state index in [9.17, 15) is 5.11 Å². The number of phenolic OH excluding ortho intramolecular Hbond substituents is 1. The van der Waals surface area contributed by atoms with Crippen molar-refractivity contribution in [2.75, 3.05) is 20.6 Å². The van der Waals surface area contributed by atoms with Crippen LogP contribution in [0.4, 0.5) is 0 Å². The number of hydrogen-bond acceptors (Lipinski definition) is 1. The van der Waals surface area contributed by atoms with Gasteiger partial charge in [-0.3, -0.25) is 0 Å². The number of rotatable bonds is 0. The Bertz CT molecular complexity index is 550. The normalized spacial score (nSPS) is 37.9. The number of likely N-dealkylation sites (tertiary alicyclic amines) is 1. The highest BCUT2D eigenvalue weighted by Crippen LogP contribution is 2.57. The molecule has 1 aromatic rings. The molecule has 108 valence electrons. The van der Waals surface area contributed by atoms with E-state index >= 15 is 0 Å². The lowest BCUT2D eigenvalue weighted by atomic mass is 9.52. The van der Waals surface area contributed by atoms with E-state index in [2.05, 4.69) is 26.2 Å². The Hall–Kier alpha value is -1.02. The minimum absolute atomic E-state index is 0.378. The van der Waals surface area contributed by atoms with Gasteiger partial charge in [0.05, 0.1) is 26.7 Å². The number of piperidine rings is 1. The third kappa shape index (κ3) is 1.54. The lowest BCUT2D eigenvalue weighted by molar-refractivity contribution is -0.927. The summed E-state index contributed by atoms with van der Waals surface area (Å²) in [5.41, 5.74) is 3.39. The first-order valence-electron chi connectivity index (χ1n) is 8.18. The summed E-state index contributed by atoms with van der Waals surface area (Å²) in [7, 11) is 4.85. The number of phenols is 1. The molecule has 2 nitrogen and oxygen atoms in total. The molecule has 3 atom stereocenters. The van der Waals surface area contributed by atoms with Crippen LogP contribution in [-0.2, 0) is 11.8 Å². The number of hydrogen-bond donors (Lipinski definition) is 1. The largest absolute Gasteiger partial charge is 0.508 e. The van der Waals surface area contributed by atoms with Crippen molar-refractivity contribution in [2.45, 2.75) is 50.0 Å². The van der Waals surface area contributed by atoms with Crippen molar-refractivity contribution in [1.29, 1.82) is 0 Å². The summed E-state index contributed by atoms with van der Waals surface area (Å²) in [6, 6.07) is 6.94. The molecule has 2 aliphatic carbocycles. The van der Waals surface area contributed by atoms with Gasteiger partial charge in [-0.05, 0) is 36.1 Å². The Morgan fingerprint density at radius 2 is 2.05 bits per heavy atom. The zero-order valence-electron chi connectivity index (χ0n) is 12.7. The SMILES string of the molecule is C[N+]1(C)CC[C@@]23CCCCC2C1Cc1ccc(O)cc13. The van der Waals surface area contributed by atoms with Gasteiger partial charge in [0.1, 0.15) is 5.75 Å². The molecule has 0 spiro atoms. The molecule has 0 radical (unpaired) electrons. The number of quaternary nitrogens is 1. The monoisotopic (exact) mass is 272 g/mol. The fraction of sp³-hybridized carbons (Fsp3) is 0.667. The van der Waals surface area contributed by atoms with E-state index in [1.54, 1.807) is 0 Å². The van der Waals surface area contributed by atoms with E-state index < -0.39 is 0 Å². The van der Waals surface area contributed by atoms with Crippen LogP contribution in [0.5, 0.6) is 5.75 Å². The standard InChI is InChI=1S/C18H25NO/c1-19(2)10-9-18-8-4-3-5-15(18)17(19)11-13-6-7-14(20)12-16(13)18/h6-7,12,15,17H,3-5,8-11H2,1-2H3/p+1/t15?,17?,18-/m0/s1. The molecule has 2 bridgehead atoms. The minimum atomic E-state index is 0.378. The van der Waals surface area contributed by atoms with Crippen molar-refractivity contribution < 1.29 is 9.59 Å². The van der Waals surface area contributed by atoms with Crippen LogP contribution in [0, 0.1) is 5.92 Å². The predicted molar refractivity (Wildman–Crippen MR) is 80.8 cm³/mol. The van der Waals surface area contributed by atoms with Gasteiger partial charge in [-0.15, -0.1) is 0 Å². The van der Waals surface area contributed by atoms with E-state index in [4.69, 9.17) is 0 Å². The smallest absolute Gasteiger partial charge is 0.115 e. The van der Waals surface area contributed by atoms with Gasteiger partial charge in [0.2, 0.25) is 0 Å². The average molecular weight is 272 g/mol. The molecule has 2 heteroatoms. The number of benzene rings is 1. The molecule has 1 heterocycles. The fourth-order valence-corrected chi connectivity index (χ4v) is 5.57. The first kappa shape index (κ1) is 12.7. The van der Waals surface area contributed by atoms with Crippen molar-refractivity contribution in [3.8, 4) is 5.75 Å². The summed E-state index contributed by atoms with van der Waals surface area (Å²) in [5, 5.41) is 9.97. The fourth-order valence-electron chi connectivity index (χ4n) is 5.57. The van der Waals surface area contributed by atoms with E-state index in [1.165, 1.54) is 60.7 Å². The molecule has 0 aromatic heterocycles. The molecule has 1 saturated carbocycles. The van der Waals surface area contributed by atoms with Gasteiger partial charge < -0.3 is 9.59 Å². The highest BCUT2D eigenvalue weighted by molar-refractivity contribution is 5.44. The van der Waals surface area contributed by atoms with Gasteiger partial charge in [0.15, 0.2) is 0 Å². The molecule has 1 aliphatic heterocycles. The van der Waals surface area contributed by atoms with Crippen LogP contribution in [0.1, 0.15) is 43.2 Å². The van der Waals surface area contributed by atoms with Crippen molar-refractivity contribution >= 4 is 0 Å². The van der Waals surface area contributed by atoms with Crippen LogP contribution in [0.15, 0.2) is 18.2 Å². The van der Waals surface area contributed by atoms with E-state index in [0.29, 0.717) is 11.2 Å². The highest BCUT2D eigenvalue weighted by atomic mass is 16.3. The van der Waals surface area contributed by atoms with Crippen LogP contribution >= 0.6 is 0 Å². The second-order valence-electron chi connectivity index (χ2n) is 7.87. The van der Waals surface area contributed by atoms with Crippen molar-refractivity contribution in [3.05, 3.63) is 29.3 Å². The van der Waals surface area contributed by atoms with Crippen molar-refractivity contribution in [2.24, 2.45) is 5.92 Å². The summed E-state index contributed by atoms with van der Waals surface area (Å²) in [4.78, 5) is 0. The van der Waals surface area contributed by atoms with Gasteiger partial charge in [-0.25, -0.2) is 0 Å². The quantitative estimate of drug-likeness (QED) is 0.719. The molecule has 2 unspecified atom stereocenters. The maximum atomic E-state index is 9.97. The molecular weight excluding hydrogens is 246 g/mol. The maximum absolute atomic E-state index is 9.97. The predicted octanol–water partition coefficient (Wildman–Crippen LogP) is 3.23. The molecule has 4 rings (SSSR count). The molecule has 1 aromatic carbocycles. The first-order chi connectivity index (χ1) is 9.53. The van der Waals surface area contributed by atoms with Crippen LogP contribution < -0.4 is 0 Å². The van der Waals surface area contributed by atoms with Gasteiger partial charge >= 0.3 is 0 Å². The van der Waals surface area contributed by atoms with Gasteiger partial charge in [0.25, 0.3) is 0 Å². The Morgan fingerprint density at radius 3 is 2.90 bits per heavy atom. The van der Waals surface area contributed by atoms with Crippen molar-refractivity contribution in [3.63, 3.8) is 0 Å². The average Bonchev–Trinajstić information content (AvgIpc) is 2.44. The van der Waals surface area contributed by atoms with Gasteiger partial charge in [-0.2, -0.15) is 0 Å². The van der Waals surface area contributed by atoms with Crippen LogP contribution in [0.3, 0.4) is 0 Å². The van der Waals surface area contributed by atoms with E-state index in [1.807, 2.05) is 6.07 Å². The number of nitrogens with zero attached hydrogens (tertiary/aromatic N) is 1. The summed E-state index contributed by atoms with van der Waals surface area (Å²) in [6.07, 6.45) is 8.00. The second kappa shape index (κ2) is 4.00. The van der Waals surface area contributed by atoms with Gasteiger partial charge in [-0.1, -0.05) is 18.9 Å². The first-order valence-corrected chi connectivity index (χ1v) is 8.18. The summed E-state index contributed by atoms with van der Waals surface area (Å²) >= 11 is 0. The number of likely N-dealkylation sites (N-methyl/N-ethyl adjacent to an activating group) is 1. The molecule has 1 saturated heterocycles. The summed E-state index contributed by atoms with van der Waals surface area (Å²) < 4.78 is 1.19. The highest BCUT2D eigenvalue weighted by Gasteiger charge is 2.57. The van der Waals surface area contributed by atoms with Crippen LogP contribution in [0.25, 0.3) is 0 Å². The van der Waals surface area contributed by atoms with E-state index in [0.717, 1.165) is 12.0 Å². The topological polar surface area (TPSA) is 20.2 Å². The zero-order chi connectivity index (χ0) is 14.0. The summed E-state index contributed by atoms with van der Waals surface area (Å²) in [6.45, 7) is 1.29. The number of aromatic hydroxyl groups is 1. The van der Waals surface area contributed by atoms with E-state index in [-0.39, 0.29) is 0 Å². The Kier molecular flexibility index (Phi) is 2.54. The van der Waals surface area contributed by atoms with Gasteiger partial charge in [0, 0.05) is 24.2 Å².